The third kappa shape index (κ3) is 7.36. The summed E-state index contributed by atoms with van der Waals surface area (Å²) >= 11 is 1.55. The zero-order valence-corrected chi connectivity index (χ0v) is 19.5. The van der Waals surface area contributed by atoms with Gasteiger partial charge in [-0.25, -0.2) is 4.98 Å². The number of hydrogen-bond donors (Lipinski definition) is 4. The van der Waals surface area contributed by atoms with Crippen molar-refractivity contribution in [1.29, 1.82) is 0 Å². The van der Waals surface area contributed by atoms with Gasteiger partial charge in [0.2, 0.25) is 11.8 Å². The van der Waals surface area contributed by atoms with Gasteiger partial charge in [0, 0.05) is 21.2 Å². The lowest BCUT2D eigenvalue weighted by molar-refractivity contribution is -0.129. The van der Waals surface area contributed by atoms with Crippen LogP contribution in [-0.4, -0.2) is 28.9 Å². The summed E-state index contributed by atoms with van der Waals surface area (Å²) in [5, 5.41) is 6.40. The minimum Gasteiger partial charge on any atom is -0.383 e. The van der Waals surface area contributed by atoms with E-state index < -0.39 is 12.1 Å². The molecule has 2 aromatic heterocycles. The second kappa shape index (κ2) is 12.5. The Labute approximate surface area is 197 Å². The van der Waals surface area contributed by atoms with Crippen LogP contribution >= 0.6 is 36.2 Å². The lowest BCUT2D eigenvalue weighted by Crippen LogP contribution is -2.50. The number of amides is 2. The highest BCUT2D eigenvalue weighted by molar-refractivity contribution is 7.19. The molecule has 2 heterocycles. The van der Waals surface area contributed by atoms with Crippen LogP contribution in [0.4, 0.5) is 5.82 Å². The molecular formula is C21H27Cl2N5O2S. The number of aryl methyl sites for hydroxylation is 1. The first-order chi connectivity index (χ1) is 13.9. The summed E-state index contributed by atoms with van der Waals surface area (Å²) in [6.07, 6.45) is 2.89. The van der Waals surface area contributed by atoms with E-state index in [0.29, 0.717) is 25.2 Å². The van der Waals surface area contributed by atoms with Crippen molar-refractivity contribution in [2.45, 2.75) is 38.4 Å². The number of nitrogen functional groups attached to an aromatic ring is 1. The number of aromatic nitrogens is 1. The average molecular weight is 484 g/mol. The van der Waals surface area contributed by atoms with E-state index in [-0.39, 0.29) is 36.6 Å². The summed E-state index contributed by atoms with van der Waals surface area (Å²) < 4.78 is 1.02. The van der Waals surface area contributed by atoms with Crippen LogP contribution in [0.1, 0.15) is 23.8 Å². The number of rotatable bonds is 8. The second-order valence-corrected chi connectivity index (χ2v) is 8.07. The fourth-order valence-electron chi connectivity index (χ4n) is 2.93. The van der Waals surface area contributed by atoms with Gasteiger partial charge in [0.05, 0.1) is 12.6 Å². The molecule has 3 rings (SSSR count). The molecule has 0 aliphatic rings. The minimum atomic E-state index is -0.675. The second-order valence-electron chi connectivity index (χ2n) is 6.90. The highest BCUT2D eigenvalue weighted by Crippen LogP contribution is 2.28. The first kappa shape index (κ1) is 26.6. The largest absolute Gasteiger partial charge is 0.383 e. The molecule has 3 aromatic rings. The molecular weight excluding hydrogens is 457 g/mol. The zero-order valence-electron chi connectivity index (χ0n) is 17.0. The van der Waals surface area contributed by atoms with Crippen LogP contribution in [0.15, 0.2) is 48.7 Å². The lowest BCUT2D eigenvalue weighted by Gasteiger charge is -2.17. The third-order valence-corrected chi connectivity index (χ3v) is 5.74. The van der Waals surface area contributed by atoms with Crippen molar-refractivity contribution in [3.63, 3.8) is 0 Å². The molecule has 1 aromatic carbocycles. The van der Waals surface area contributed by atoms with Gasteiger partial charge < -0.3 is 22.1 Å². The van der Waals surface area contributed by atoms with Crippen molar-refractivity contribution in [3.8, 4) is 0 Å². The van der Waals surface area contributed by atoms with Gasteiger partial charge in [-0.1, -0.05) is 30.3 Å². The quantitative estimate of drug-likeness (QED) is 0.392. The van der Waals surface area contributed by atoms with E-state index in [9.17, 15) is 9.59 Å². The van der Waals surface area contributed by atoms with E-state index in [2.05, 4.69) is 15.6 Å². The molecule has 0 saturated heterocycles. The van der Waals surface area contributed by atoms with Crippen LogP contribution in [0, 0.1) is 0 Å². The summed E-state index contributed by atoms with van der Waals surface area (Å²) in [4.78, 5) is 29.6. The Hall–Kier alpha value is -2.39. The summed E-state index contributed by atoms with van der Waals surface area (Å²) in [6, 6.07) is 12.3. The van der Waals surface area contributed by atoms with Crippen LogP contribution in [0.5, 0.6) is 0 Å². The Morgan fingerprint density at radius 2 is 1.84 bits per heavy atom. The number of nitrogens with zero attached hydrogens (tertiary/aromatic N) is 1. The van der Waals surface area contributed by atoms with Gasteiger partial charge >= 0.3 is 0 Å². The number of carbonyl (C=O) groups is 2. The van der Waals surface area contributed by atoms with Crippen LogP contribution < -0.4 is 22.1 Å². The van der Waals surface area contributed by atoms with Crippen molar-refractivity contribution in [1.82, 2.24) is 15.6 Å². The maximum atomic E-state index is 12.3. The maximum absolute atomic E-state index is 12.3. The molecule has 6 N–H and O–H groups in total. The van der Waals surface area contributed by atoms with E-state index in [1.807, 2.05) is 42.5 Å². The van der Waals surface area contributed by atoms with Gasteiger partial charge in [-0.05, 0) is 37.5 Å². The van der Waals surface area contributed by atoms with E-state index in [4.69, 9.17) is 11.5 Å². The average Bonchev–Trinajstić information content (AvgIpc) is 3.15. The molecule has 31 heavy (non-hydrogen) atoms. The molecule has 0 aliphatic carbocycles. The number of anilines is 1. The number of nitrogens with two attached hydrogens (primary N) is 2. The zero-order chi connectivity index (χ0) is 20.8. The van der Waals surface area contributed by atoms with Gasteiger partial charge in [0.25, 0.3) is 0 Å². The van der Waals surface area contributed by atoms with Crippen LogP contribution in [-0.2, 0) is 22.6 Å². The smallest absolute Gasteiger partial charge is 0.242 e. The molecule has 168 valence electrons. The Kier molecular flexibility index (Phi) is 10.7. The van der Waals surface area contributed by atoms with Gasteiger partial charge in [0.15, 0.2) is 0 Å². The molecule has 0 saturated carbocycles. The fraction of sp³-hybridized carbons (Fsp3) is 0.286. The predicted octanol–water partition coefficient (Wildman–Crippen LogP) is 2.80. The number of nitrogens with one attached hydrogen (secondary N) is 2. The molecule has 0 spiro atoms. The Morgan fingerprint density at radius 1 is 1.13 bits per heavy atom. The lowest BCUT2D eigenvalue weighted by atomic mass is 10.1. The molecule has 0 radical (unpaired) electrons. The number of benzene rings is 1. The Balaban J connectivity index is 0.00000240. The van der Waals surface area contributed by atoms with Gasteiger partial charge in [-0.3, -0.25) is 9.59 Å². The SMILES string of the molecule is CC(NC(=O)C(N)CCc1ccccc1)C(=O)NCc1cc2c(N)nccc2s1.Cl.Cl. The first-order valence-corrected chi connectivity index (χ1v) is 10.3. The number of thiophene rings is 1. The molecule has 2 atom stereocenters. The number of halogens is 2. The van der Waals surface area contributed by atoms with Crippen molar-refractivity contribution in [2.75, 3.05) is 5.73 Å². The van der Waals surface area contributed by atoms with Crippen molar-refractivity contribution in [2.24, 2.45) is 5.73 Å². The summed E-state index contributed by atoms with van der Waals surface area (Å²) in [5.74, 6) is -0.122. The number of hydrogen-bond acceptors (Lipinski definition) is 6. The molecule has 7 nitrogen and oxygen atoms in total. The molecule has 0 aliphatic heterocycles. The summed E-state index contributed by atoms with van der Waals surface area (Å²) in [6.45, 7) is 2.00. The monoisotopic (exact) mass is 483 g/mol. The van der Waals surface area contributed by atoms with Crippen molar-refractivity contribution in [3.05, 3.63) is 59.1 Å². The topological polar surface area (TPSA) is 123 Å². The van der Waals surface area contributed by atoms with Gasteiger partial charge in [0.1, 0.15) is 11.9 Å². The first-order valence-electron chi connectivity index (χ1n) is 9.44. The highest BCUT2D eigenvalue weighted by atomic mass is 35.5. The van der Waals surface area contributed by atoms with E-state index >= 15 is 0 Å². The number of fused-ring (bicyclic) bond motifs is 1. The predicted molar refractivity (Wildman–Crippen MR) is 131 cm³/mol. The molecule has 0 fully saturated rings. The van der Waals surface area contributed by atoms with E-state index in [1.54, 1.807) is 24.5 Å². The fourth-order valence-corrected chi connectivity index (χ4v) is 3.94. The van der Waals surface area contributed by atoms with E-state index in [1.165, 1.54) is 0 Å². The summed E-state index contributed by atoms with van der Waals surface area (Å²) in [5.41, 5.74) is 13.0. The molecule has 2 amide bonds. The van der Waals surface area contributed by atoms with Crippen LogP contribution in [0.25, 0.3) is 10.1 Å². The van der Waals surface area contributed by atoms with Crippen molar-refractivity contribution >= 4 is 63.9 Å². The van der Waals surface area contributed by atoms with Crippen LogP contribution in [0.3, 0.4) is 0 Å². The normalized spacial score (nSPS) is 12.2. The van der Waals surface area contributed by atoms with Crippen LogP contribution in [0.2, 0.25) is 0 Å². The number of pyridine rings is 1. The Morgan fingerprint density at radius 3 is 2.52 bits per heavy atom. The summed E-state index contributed by atoms with van der Waals surface area (Å²) in [7, 11) is 0. The Bertz CT molecular complexity index is 1000. The van der Waals surface area contributed by atoms with Gasteiger partial charge in [-0.2, -0.15) is 0 Å². The van der Waals surface area contributed by atoms with Crippen molar-refractivity contribution < 1.29 is 9.59 Å². The minimum absolute atomic E-state index is 0. The molecule has 0 bridgehead atoms. The molecule has 10 heteroatoms. The van der Waals surface area contributed by atoms with Gasteiger partial charge in [-0.15, -0.1) is 36.2 Å². The maximum Gasteiger partial charge on any atom is 0.242 e. The van der Waals surface area contributed by atoms with E-state index in [0.717, 1.165) is 20.5 Å². The number of carbonyl (C=O) groups excluding carboxylic acids is 2. The molecule has 2 unspecified atom stereocenters. The third-order valence-electron chi connectivity index (χ3n) is 4.64. The standard InChI is InChI=1S/C21H25N5O2S.2ClH/c1-13(26-21(28)17(22)8-7-14-5-3-2-4-6-14)20(27)25-12-15-11-16-18(29-15)9-10-24-19(16)23;;/h2-6,9-11,13,17H,7-8,12,22H2,1H3,(H2,23,24)(H,25,27)(H,26,28);2*1H. The highest BCUT2D eigenvalue weighted by Gasteiger charge is 2.20.